The van der Waals surface area contributed by atoms with Crippen LogP contribution in [0, 0.1) is 23.7 Å². The SMILES string of the molecule is CC#CC#C/C=C1/OC2(CCCO2)C2OC12. The first kappa shape index (κ1) is 9.78. The minimum Gasteiger partial charge on any atom is -0.460 e. The van der Waals surface area contributed by atoms with E-state index in [2.05, 4.69) is 23.7 Å². The molecule has 0 aromatic rings. The van der Waals surface area contributed by atoms with E-state index in [1.807, 2.05) is 0 Å². The lowest BCUT2D eigenvalue weighted by molar-refractivity contribution is -0.192. The fraction of sp³-hybridized carbons (Fsp3) is 0.538. The first-order chi connectivity index (χ1) is 7.86. The Hall–Kier alpha value is -1.42. The van der Waals surface area contributed by atoms with Crippen molar-refractivity contribution in [3.8, 4) is 23.7 Å². The fourth-order valence-corrected chi connectivity index (χ4v) is 2.24. The van der Waals surface area contributed by atoms with Crippen LogP contribution in [0.2, 0.25) is 0 Å². The van der Waals surface area contributed by atoms with Gasteiger partial charge in [-0.05, 0) is 25.2 Å². The number of hydrogen-bond acceptors (Lipinski definition) is 3. The van der Waals surface area contributed by atoms with Gasteiger partial charge in [0.25, 0.3) is 0 Å². The molecule has 3 atom stereocenters. The molecule has 3 aliphatic rings. The van der Waals surface area contributed by atoms with Crippen LogP contribution in [0.4, 0.5) is 0 Å². The van der Waals surface area contributed by atoms with Gasteiger partial charge in [0.15, 0.2) is 6.10 Å². The summed E-state index contributed by atoms with van der Waals surface area (Å²) < 4.78 is 17.0. The maximum Gasteiger partial charge on any atom is 0.239 e. The molecule has 0 aliphatic carbocycles. The highest BCUT2D eigenvalue weighted by atomic mass is 16.8. The third-order valence-electron chi connectivity index (χ3n) is 2.99. The molecule has 0 aromatic heterocycles. The highest BCUT2D eigenvalue weighted by molar-refractivity contribution is 5.34. The number of rotatable bonds is 0. The Bertz CT molecular complexity index is 449. The molecule has 16 heavy (non-hydrogen) atoms. The molecule has 0 saturated carbocycles. The minimum absolute atomic E-state index is 0.0574. The summed E-state index contributed by atoms with van der Waals surface area (Å²) in [7, 11) is 0. The third-order valence-corrected chi connectivity index (χ3v) is 2.99. The molecule has 3 fully saturated rings. The Morgan fingerprint density at radius 1 is 1.44 bits per heavy atom. The van der Waals surface area contributed by atoms with Crippen LogP contribution in [-0.4, -0.2) is 24.6 Å². The molecule has 3 heteroatoms. The molecule has 0 N–H and O–H groups in total. The Balaban J connectivity index is 1.76. The molecule has 3 nitrogen and oxygen atoms in total. The van der Waals surface area contributed by atoms with E-state index >= 15 is 0 Å². The van der Waals surface area contributed by atoms with Gasteiger partial charge in [-0.1, -0.05) is 11.8 Å². The molecule has 0 bridgehead atoms. The van der Waals surface area contributed by atoms with Gasteiger partial charge in [0.1, 0.15) is 11.9 Å². The zero-order chi connectivity index (χ0) is 11.0. The topological polar surface area (TPSA) is 31.0 Å². The standard InChI is InChI=1S/C13H12O3/c1-2-3-4-5-7-10-11-12(15-11)13(16-10)8-6-9-14-13/h7,11-12H,6,8-9H2,1H3/b10-7+. The Morgan fingerprint density at radius 3 is 3.12 bits per heavy atom. The van der Waals surface area contributed by atoms with E-state index in [1.54, 1.807) is 13.0 Å². The summed E-state index contributed by atoms with van der Waals surface area (Å²) in [6.45, 7) is 2.52. The summed E-state index contributed by atoms with van der Waals surface area (Å²) >= 11 is 0. The van der Waals surface area contributed by atoms with Crippen LogP contribution in [0.25, 0.3) is 0 Å². The lowest BCUT2D eigenvalue weighted by atomic mass is 10.1. The molecular formula is C13H12O3. The Labute approximate surface area is 94.8 Å². The van der Waals surface area contributed by atoms with Crippen molar-refractivity contribution in [1.29, 1.82) is 0 Å². The van der Waals surface area contributed by atoms with Crippen molar-refractivity contribution in [2.45, 2.75) is 37.8 Å². The summed E-state index contributed by atoms with van der Waals surface area (Å²) in [5.41, 5.74) is 0. The van der Waals surface area contributed by atoms with Gasteiger partial charge in [0.05, 0.1) is 6.61 Å². The average Bonchev–Trinajstić information content (AvgIpc) is 2.90. The van der Waals surface area contributed by atoms with Gasteiger partial charge < -0.3 is 14.2 Å². The van der Waals surface area contributed by atoms with Crippen LogP contribution in [0.3, 0.4) is 0 Å². The molecule has 3 unspecified atom stereocenters. The number of epoxide rings is 1. The molecule has 3 rings (SSSR count). The zero-order valence-electron chi connectivity index (χ0n) is 9.08. The molecule has 0 aromatic carbocycles. The molecular weight excluding hydrogens is 204 g/mol. The van der Waals surface area contributed by atoms with E-state index in [4.69, 9.17) is 14.2 Å². The van der Waals surface area contributed by atoms with E-state index < -0.39 is 5.79 Å². The highest BCUT2D eigenvalue weighted by Gasteiger charge is 2.67. The maximum absolute atomic E-state index is 5.82. The summed E-state index contributed by atoms with van der Waals surface area (Å²) in [5, 5.41) is 0. The molecule has 0 amide bonds. The maximum atomic E-state index is 5.82. The van der Waals surface area contributed by atoms with Crippen molar-refractivity contribution in [2.24, 2.45) is 0 Å². The van der Waals surface area contributed by atoms with Gasteiger partial charge in [0.2, 0.25) is 5.79 Å². The van der Waals surface area contributed by atoms with E-state index in [0.717, 1.165) is 25.2 Å². The van der Waals surface area contributed by atoms with E-state index in [1.165, 1.54) is 0 Å². The zero-order valence-corrected chi connectivity index (χ0v) is 9.08. The molecule has 0 radical (unpaired) electrons. The molecule has 82 valence electrons. The summed E-state index contributed by atoms with van der Waals surface area (Å²) in [6, 6.07) is 0. The van der Waals surface area contributed by atoms with Crippen LogP contribution < -0.4 is 0 Å². The Morgan fingerprint density at radius 2 is 2.38 bits per heavy atom. The number of hydrogen-bond donors (Lipinski definition) is 0. The lowest BCUT2D eigenvalue weighted by Gasteiger charge is -2.23. The largest absolute Gasteiger partial charge is 0.460 e. The number of fused-ring (bicyclic) bond motifs is 2. The first-order valence-electron chi connectivity index (χ1n) is 5.46. The second-order valence-electron chi connectivity index (χ2n) is 4.03. The van der Waals surface area contributed by atoms with Crippen LogP contribution in [0.5, 0.6) is 0 Å². The average molecular weight is 216 g/mol. The van der Waals surface area contributed by atoms with Crippen LogP contribution >= 0.6 is 0 Å². The highest BCUT2D eigenvalue weighted by Crippen LogP contribution is 2.52. The smallest absolute Gasteiger partial charge is 0.239 e. The minimum atomic E-state index is -0.505. The summed E-state index contributed by atoms with van der Waals surface area (Å²) in [5.74, 6) is 11.2. The van der Waals surface area contributed by atoms with Gasteiger partial charge in [-0.2, -0.15) is 0 Å². The number of allylic oxidation sites excluding steroid dienone is 1. The molecule has 3 heterocycles. The summed E-state index contributed by atoms with van der Waals surface area (Å²) in [6.07, 6.45) is 3.83. The van der Waals surface area contributed by atoms with E-state index in [0.29, 0.717) is 0 Å². The van der Waals surface area contributed by atoms with E-state index in [-0.39, 0.29) is 12.2 Å². The van der Waals surface area contributed by atoms with Crippen LogP contribution in [0.15, 0.2) is 11.8 Å². The van der Waals surface area contributed by atoms with Crippen molar-refractivity contribution in [3.63, 3.8) is 0 Å². The van der Waals surface area contributed by atoms with Gasteiger partial charge in [0, 0.05) is 12.5 Å². The quantitative estimate of drug-likeness (QED) is 0.450. The monoisotopic (exact) mass is 216 g/mol. The van der Waals surface area contributed by atoms with Gasteiger partial charge in [-0.3, -0.25) is 0 Å². The van der Waals surface area contributed by atoms with Gasteiger partial charge >= 0.3 is 0 Å². The van der Waals surface area contributed by atoms with Gasteiger partial charge in [-0.25, -0.2) is 0 Å². The van der Waals surface area contributed by atoms with Crippen molar-refractivity contribution < 1.29 is 14.2 Å². The summed E-state index contributed by atoms with van der Waals surface area (Å²) in [4.78, 5) is 0. The van der Waals surface area contributed by atoms with Gasteiger partial charge in [-0.15, -0.1) is 0 Å². The Kier molecular flexibility index (Phi) is 2.17. The predicted molar refractivity (Wildman–Crippen MR) is 57.0 cm³/mol. The second kappa shape index (κ2) is 3.56. The van der Waals surface area contributed by atoms with Crippen molar-refractivity contribution >= 4 is 0 Å². The molecule has 3 saturated heterocycles. The first-order valence-corrected chi connectivity index (χ1v) is 5.46. The van der Waals surface area contributed by atoms with Crippen LogP contribution in [0.1, 0.15) is 19.8 Å². The van der Waals surface area contributed by atoms with Crippen molar-refractivity contribution in [1.82, 2.24) is 0 Å². The van der Waals surface area contributed by atoms with Crippen LogP contribution in [-0.2, 0) is 14.2 Å². The lowest BCUT2D eigenvalue weighted by Crippen LogP contribution is -2.33. The number of ether oxygens (including phenoxy) is 3. The second-order valence-corrected chi connectivity index (χ2v) is 4.03. The van der Waals surface area contributed by atoms with E-state index in [9.17, 15) is 0 Å². The molecule has 1 spiro atoms. The van der Waals surface area contributed by atoms with Crippen molar-refractivity contribution in [3.05, 3.63) is 11.8 Å². The third kappa shape index (κ3) is 1.41. The normalized spacial score (nSPS) is 40.7. The van der Waals surface area contributed by atoms with Crippen molar-refractivity contribution in [2.75, 3.05) is 6.61 Å². The fourth-order valence-electron chi connectivity index (χ4n) is 2.24. The predicted octanol–water partition coefficient (Wildman–Crippen LogP) is 1.20. The molecule has 3 aliphatic heterocycles.